The molecule has 124 valence electrons. The van der Waals surface area contributed by atoms with Crippen molar-refractivity contribution in [2.24, 2.45) is 5.41 Å². The smallest absolute Gasteiger partial charge is 0.319 e. The predicted octanol–water partition coefficient (Wildman–Crippen LogP) is 2.35. The van der Waals surface area contributed by atoms with Crippen LogP contribution in [0, 0.1) is 17.0 Å². The van der Waals surface area contributed by atoms with Gasteiger partial charge in [0.15, 0.2) is 5.78 Å². The number of nitrogens with zero attached hydrogens (tertiary/aromatic N) is 1. The molecule has 0 radical (unpaired) electrons. The fraction of sp³-hybridized carbons (Fsp3) is 0.438. The summed E-state index contributed by atoms with van der Waals surface area (Å²) in [5.41, 5.74) is -2.76. The maximum absolute atomic E-state index is 14.0. The number of hydrogen-bond acceptors (Lipinski definition) is 3. The monoisotopic (exact) mass is 324 g/mol. The minimum absolute atomic E-state index is 0.276. The van der Waals surface area contributed by atoms with Gasteiger partial charge in [-0.1, -0.05) is 20.8 Å². The molecule has 0 saturated carbocycles. The summed E-state index contributed by atoms with van der Waals surface area (Å²) in [5.74, 6) is -2.64. The highest BCUT2D eigenvalue weighted by molar-refractivity contribution is 6.09. The van der Waals surface area contributed by atoms with Gasteiger partial charge in [0, 0.05) is 11.0 Å². The van der Waals surface area contributed by atoms with Gasteiger partial charge >= 0.3 is 6.03 Å². The fourth-order valence-corrected chi connectivity index (χ4v) is 2.28. The summed E-state index contributed by atoms with van der Waals surface area (Å²) < 4.78 is 27.4. The molecular formula is C16H18F2N2O3. The minimum Gasteiger partial charge on any atom is -0.319 e. The molecule has 0 bridgehead atoms. The molecule has 0 unspecified atom stereocenters. The number of amides is 3. The second-order valence-electron chi connectivity index (χ2n) is 6.74. The number of carbonyl (C=O) groups excluding carboxylic acids is 3. The Bertz CT molecular complexity index is 697. The van der Waals surface area contributed by atoms with Crippen LogP contribution in [0.4, 0.5) is 13.6 Å². The first-order valence-electron chi connectivity index (χ1n) is 7.10. The Morgan fingerprint density at radius 1 is 1.26 bits per heavy atom. The average molecular weight is 324 g/mol. The lowest BCUT2D eigenvalue weighted by atomic mass is 9.89. The van der Waals surface area contributed by atoms with Crippen molar-refractivity contribution in [2.45, 2.75) is 33.2 Å². The van der Waals surface area contributed by atoms with Gasteiger partial charge in [0.05, 0.1) is 6.54 Å². The molecule has 1 atom stereocenters. The Labute approximate surface area is 132 Å². The van der Waals surface area contributed by atoms with Crippen molar-refractivity contribution in [1.82, 2.24) is 10.2 Å². The van der Waals surface area contributed by atoms with E-state index >= 15 is 0 Å². The molecule has 1 fully saturated rings. The first-order chi connectivity index (χ1) is 10.5. The Morgan fingerprint density at radius 3 is 2.43 bits per heavy atom. The number of halogens is 2. The van der Waals surface area contributed by atoms with Crippen molar-refractivity contribution in [3.05, 3.63) is 35.4 Å². The normalized spacial score (nSPS) is 21.6. The van der Waals surface area contributed by atoms with E-state index in [9.17, 15) is 23.2 Å². The van der Waals surface area contributed by atoms with Crippen molar-refractivity contribution in [2.75, 3.05) is 6.54 Å². The second-order valence-corrected chi connectivity index (χ2v) is 6.74. The summed E-state index contributed by atoms with van der Waals surface area (Å²) in [7, 11) is 0. The summed E-state index contributed by atoms with van der Waals surface area (Å²) in [4.78, 5) is 37.4. The van der Waals surface area contributed by atoms with E-state index in [0.29, 0.717) is 0 Å². The largest absolute Gasteiger partial charge is 0.325 e. The lowest BCUT2D eigenvalue weighted by Crippen LogP contribution is -2.43. The van der Waals surface area contributed by atoms with E-state index in [4.69, 9.17) is 0 Å². The highest BCUT2D eigenvalue weighted by Gasteiger charge is 2.51. The topological polar surface area (TPSA) is 66.5 Å². The summed E-state index contributed by atoms with van der Waals surface area (Å²) >= 11 is 0. The van der Waals surface area contributed by atoms with Crippen LogP contribution in [0.5, 0.6) is 0 Å². The Kier molecular flexibility index (Phi) is 4.00. The molecule has 5 nitrogen and oxygen atoms in total. The van der Waals surface area contributed by atoms with E-state index in [1.807, 2.05) is 0 Å². The van der Waals surface area contributed by atoms with Gasteiger partial charge in [-0.15, -0.1) is 0 Å². The highest BCUT2D eigenvalue weighted by atomic mass is 19.1. The molecule has 1 saturated heterocycles. The molecule has 0 aliphatic carbocycles. The molecule has 1 aromatic rings. The second kappa shape index (κ2) is 5.40. The van der Waals surface area contributed by atoms with Gasteiger partial charge in [-0.2, -0.15) is 0 Å². The third kappa shape index (κ3) is 2.95. The summed E-state index contributed by atoms with van der Waals surface area (Å²) in [6.07, 6.45) is 0. The zero-order valence-corrected chi connectivity index (χ0v) is 13.4. The summed E-state index contributed by atoms with van der Waals surface area (Å²) in [6.45, 7) is 5.87. The van der Waals surface area contributed by atoms with Gasteiger partial charge in [0.25, 0.3) is 5.91 Å². The predicted molar refractivity (Wildman–Crippen MR) is 78.4 cm³/mol. The standard InChI is InChI=1S/C16H18F2N2O3/c1-15(2,3)12(21)8-20-13(22)16(4,19-14(20)23)10-7-9(17)5-6-11(10)18/h5-7H,8H2,1-4H3,(H,19,23)/t16-/m0/s1. The van der Waals surface area contributed by atoms with E-state index in [1.54, 1.807) is 20.8 Å². The number of nitrogens with one attached hydrogen (secondary N) is 1. The van der Waals surface area contributed by atoms with E-state index in [2.05, 4.69) is 5.32 Å². The first kappa shape index (κ1) is 17.1. The Balaban J connectivity index is 2.37. The van der Waals surface area contributed by atoms with Crippen LogP contribution in [0.15, 0.2) is 18.2 Å². The Morgan fingerprint density at radius 2 is 1.87 bits per heavy atom. The zero-order valence-electron chi connectivity index (χ0n) is 13.4. The van der Waals surface area contributed by atoms with Gasteiger partial charge in [0.2, 0.25) is 0 Å². The van der Waals surface area contributed by atoms with E-state index in [1.165, 1.54) is 6.92 Å². The molecule has 1 aromatic carbocycles. The fourth-order valence-electron chi connectivity index (χ4n) is 2.28. The van der Waals surface area contributed by atoms with E-state index < -0.39 is 41.1 Å². The van der Waals surface area contributed by atoms with Crippen LogP contribution >= 0.6 is 0 Å². The third-order valence-corrected chi connectivity index (χ3v) is 3.88. The number of hydrogen-bond donors (Lipinski definition) is 1. The zero-order chi connectivity index (χ0) is 17.6. The molecule has 1 N–H and O–H groups in total. The van der Waals surface area contributed by atoms with Crippen LogP contribution in [0.1, 0.15) is 33.3 Å². The third-order valence-electron chi connectivity index (χ3n) is 3.88. The summed E-state index contributed by atoms with van der Waals surface area (Å²) in [6, 6.07) is 1.87. The average Bonchev–Trinajstić information content (AvgIpc) is 2.65. The van der Waals surface area contributed by atoms with Gasteiger partial charge in [-0.05, 0) is 25.1 Å². The van der Waals surface area contributed by atoms with Gasteiger partial charge in [-0.25, -0.2) is 13.6 Å². The number of urea groups is 1. The maximum Gasteiger partial charge on any atom is 0.325 e. The minimum atomic E-state index is -1.75. The number of imide groups is 1. The molecule has 1 heterocycles. The summed E-state index contributed by atoms with van der Waals surface area (Å²) in [5, 5.41) is 2.35. The van der Waals surface area contributed by atoms with Crippen molar-refractivity contribution >= 4 is 17.7 Å². The molecule has 0 spiro atoms. The molecule has 2 rings (SSSR count). The van der Waals surface area contributed by atoms with E-state index in [-0.39, 0.29) is 11.3 Å². The molecule has 1 aliphatic rings. The van der Waals surface area contributed by atoms with Gasteiger partial charge < -0.3 is 5.32 Å². The molecule has 3 amide bonds. The molecular weight excluding hydrogens is 306 g/mol. The quantitative estimate of drug-likeness (QED) is 0.868. The van der Waals surface area contributed by atoms with Crippen molar-refractivity contribution in [1.29, 1.82) is 0 Å². The highest BCUT2D eigenvalue weighted by Crippen LogP contribution is 2.31. The maximum atomic E-state index is 14.0. The van der Waals surface area contributed by atoms with Crippen LogP contribution < -0.4 is 5.32 Å². The molecule has 0 aromatic heterocycles. The number of carbonyl (C=O) groups is 3. The van der Waals surface area contributed by atoms with Crippen LogP contribution in [0.2, 0.25) is 0 Å². The SMILES string of the molecule is CC(C)(C)C(=O)CN1C(=O)N[C@@](C)(c2cc(F)ccc2F)C1=O. The van der Waals surface area contributed by atoms with Crippen LogP contribution in [0.3, 0.4) is 0 Å². The van der Waals surface area contributed by atoms with Crippen molar-refractivity contribution in [3.8, 4) is 0 Å². The van der Waals surface area contributed by atoms with Gasteiger partial charge in [0.1, 0.15) is 17.2 Å². The number of ketones is 1. The molecule has 7 heteroatoms. The molecule has 23 heavy (non-hydrogen) atoms. The molecule has 1 aliphatic heterocycles. The Hall–Kier alpha value is -2.31. The van der Waals surface area contributed by atoms with Crippen molar-refractivity contribution < 1.29 is 23.2 Å². The number of rotatable bonds is 3. The van der Waals surface area contributed by atoms with Crippen LogP contribution in [-0.4, -0.2) is 29.2 Å². The lowest BCUT2D eigenvalue weighted by Gasteiger charge is -2.24. The number of benzene rings is 1. The van der Waals surface area contributed by atoms with Crippen molar-refractivity contribution in [3.63, 3.8) is 0 Å². The number of Topliss-reactive ketones (excluding diaryl/α,β-unsaturated/α-hetero) is 1. The first-order valence-corrected chi connectivity index (χ1v) is 7.10. The van der Waals surface area contributed by atoms with Crippen LogP contribution in [0.25, 0.3) is 0 Å². The van der Waals surface area contributed by atoms with Crippen LogP contribution in [-0.2, 0) is 15.1 Å². The van der Waals surface area contributed by atoms with Gasteiger partial charge in [-0.3, -0.25) is 14.5 Å². The van der Waals surface area contributed by atoms with E-state index in [0.717, 1.165) is 23.1 Å². The lowest BCUT2D eigenvalue weighted by molar-refractivity contribution is -0.136.